The number of nitrogens with one attached hydrogen (secondary N) is 1. The number of aliphatic carboxylic acids is 1. The van der Waals surface area contributed by atoms with Gasteiger partial charge >= 0.3 is 18.0 Å². The third-order valence-corrected chi connectivity index (χ3v) is 4.54. The zero-order valence-electron chi connectivity index (χ0n) is 16.4. The Kier molecular flexibility index (Phi) is 6.30. The molecule has 1 aromatic heterocycles. The van der Waals surface area contributed by atoms with Crippen molar-refractivity contribution in [3.8, 4) is 5.75 Å². The first-order valence-corrected chi connectivity index (χ1v) is 9.28. The molecule has 3 amide bonds. The van der Waals surface area contributed by atoms with Gasteiger partial charge in [-0.3, -0.25) is 9.69 Å². The molecule has 162 valence electrons. The highest BCUT2D eigenvalue weighted by Crippen LogP contribution is 2.28. The Hall–Kier alpha value is -3.79. The molecule has 11 heteroatoms. The van der Waals surface area contributed by atoms with E-state index in [4.69, 9.17) is 25.9 Å². The summed E-state index contributed by atoms with van der Waals surface area (Å²) in [5, 5.41) is 11.5. The van der Waals surface area contributed by atoms with Gasteiger partial charge in [0, 0.05) is 0 Å². The average molecular weight is 449 g/mol. The number of imide groups is 1. The summed E-state index contributed by atoms with van der Waals surface area (Å²) in [4.78, 5) is 48.1. The lowest BCUT2D eigenvalue weighted by molar-refractivity contribution is -0.144. The van der Waals surface area contributed by atoms with Gasteiger partial charge in [-0.1, -0.05) is 17.7 Å². The Bertz CT molecular complexity index is 1090. The fourth-order valence-corrected chi connectivity index (χ4v) is 2.89. The molecule has 1 fully saturated rings. The Morgan fingerprint density at radius 2 is 2.03 bits per heavy atom. The van der Waals surface area contributed by atoms with Gasteiger partial charge in [-0.2, -0.15) is 0 Å². The molecule has 2 aromatic rings. The Morgan fingerprint density at radius 3 is 2.68 bits per heavy atom. The second-order valence-electron chi connectivity index (χ2n) is 6.43. The lowest BCUT2D eigenvalue weighted by atomic mass is 10.2. The number of methoxy groups -OCH3 is 1. The van der Waals surface area contributed by atoms with E-state index in [9.17, 15) is 19.2 Å². The molecule has 1 aromatic carbocycles. The minimum Gasteiger partial charge on any atom is -0.479 e. The molecule has 0 radical (unpaired) electrons. The van der Waals surface area contributed by atoms with Gasteiger partial charge in [0.1, 0.15) is 17.2 Å². The van der Waals surface area contributed by atoms with Crippen molar-refractivity contribution in [2.45, 2.75) is 19.6 Å². The first-order valence-electron chi connectivity index (χ1n) is 8.90. The smallest absolute Gasteiger partial charge is 0.373 e. The van der Waals surface area contributed by atoms with Crippen LogP contribution in [0.25, 0.3) is 6.08 Å². The lowest BCUT2D eigenvalue weighted by Gasteiger charge is -2.12. The summed E-state index contributed by atoms with van der Waals surface area (Å²) in [5.41, 5.74) is 0.491. The van der Waals surface area contributed by atoms with Crippen LogP contribution in [0.3, 0.4) is 0 Å². The molecule has 2 N–H and O–H groups in total. The highest BCUT2D eigenvalue weighted by molar-refractivity contribution is 6.32. The predicted molar refractivity (Wildman–Crippen MR) is 106 cm³/mol. The molecular formula is C20H17ClN2O8. The van der Waals surface area contributed by atoms with Gasteiger partial charge in [0.05, 0.1) is 18.7 Å². The van der Waals surface area contributed by atoms with Gasteiger partial charge in [0.2, 0.25) is 5.76 Å². The Morgan fingerprint density at radius 1 is 1.29 bits per heavy atom. The Balaban J connectivity index is 1.74. The lowest BCUT2D eigenvalue weighted by Crippen LogP contribution is -2.30. The van der Waals surface area contributed by atoms with E-state index < -0.39 is 30.0 Å². The number of halogens is 1. The highest BCUT2D eigenvalue weighted by atomic mass is 35.5. The second-order valence-corrected chi connectivity index (χ2v) is 6.83. The number of benzene rings is 1. The van der Waals surface area contributed by atoms with Crippen molar-refractivity contribution in [3.05, 3.63) is 58.1 Å². The van der Waals surface area contributed by atoms with Crippen LogP contribution in [-0.4, -0.2) is 47.1 Å². The third kappa shape index (κ3) is 4.86. The van der Waals surface area contributed by atoms with Gasteiger partial charge in [-0.25, -0.2) is 14.4 Å². The number of hydrogen-bond acceptors (Lipinski definition) is 7. The Labute approximate surface area is 181 Å². The number of nitrogens with zero attached hydrogens (tertiary/aromatic N) is 1. The number of amides is 3. The van der Waals surface area contributed by atoms with Crippen molar-refractivity contribution in [2.75, 3.05) is 7.11 Å². The van der Waals surface area contributed by atoms with E-state index >= 15 is 0 Å². The summed E-state index contributed by atoms with van der Waals surface area (Å²) in [5.74, 6) is -2.07. The van der Waals surface area contributed by atoms with E-state index in [1.807, 2.05) is 0 Å². The summed E-state index contributed by atoms with van der Waals surface area (Å²) >= 11 is 6.12. The zero-order chi connectivity index (χ0) is 22.7. The molecule has 0 bridgehead atoms. The summed E-state index contributed by atoms with van der Waals surface area (Å²) in [6.07, 6.45) is 0.325. The molecule has 1 atom stereocenters. The maximum Gasteiger partial charge on any atom is 0.373 e. The zero-order valence-corrected chi connectivity index (χ0v) is 17.1. The van der Waals surface area contributed by atoms with E-state index in [1.165, 1.54) is 44.4 Å². The first-order chi connectivity index (χ1) is 14.7. The largest absolute Gasteiger partial charge is 0.479 e. The molecule has 1 saturated heterocycles. The SMILES string of the molecule is COC(=O)c1ccc(CN2C(=O)NC(=Cc3ccc(OC(C)C(=O)O)c(Cl)c3)C2=O)o1. The molecule has 31 heavy (non-hydrogen) atoms. The molecule has 0 aliphatic carbocycles. The first kappa shape index (κ1) is 21.9. The van der Waals surface area contributed by atoms with Gasteiger partial charge in [-0.05, 0) is 42.8 Å². The van der Waals surface area contributed by atoms with Crippen LogP contribution >= 0.6 is 11.6 Å². The number of rotatable bonds is 7. The summed E-state index contributed by atoms with van der Waals surface area (Å²) in [7, 11) is 1.21. The van der Waals surface area contributed by atoms with Crippen LogP contribution in [0.15, 0.2) is 40.4 Å². The maximum atomic E-state index is 12.6. The number of carboxylic acid groups (broad SMARTS) is 1. The van der Waals surface area contributed by atoms with Gasteiger partial charge in [0.15, 0.2) is 6.10 Å². The van der Waals surface area contributed by atoms with E-state index in [0.29, 0.717) is 5.56 Å². The van der Waals surface area contributed by atoms with Crippen LogP contribution in [0.1, 0.15) is 28.8 Å². The van der Waals surface area contributed by atoms with Crippen molar-refractivity contribution in [1.29, 1.82) is 0 Å². The monoisotopic (exact) mass is 448 g/mol. The standard InChI is InChI=1S/C20H17ClN2O8/c1-10(18(25)26)30-15-5-3-11(7-13(15)21)8-14-17(24)23(20(28)22-14)9-12-4-6-16(31-12)19(27)29-2/h3-8,10H,9H2,1-2H3,(H,22,28)(H,25,26). The minimum atomic E-state index is -1.14. The van der Waals surface area contributed by atoms with E-state index in [0.717, 1.165) is 4.90 Å². The van der Waals surface area contributed by atoms with Crippen LogP contribution in [-0.2, 0) is 20.9 Å². The van der Waals surface area contributed by atoms with Gasteiger partial charge < -0.3 is 24.3 Å². The number of urea groups is 1. The van der Waals surface area contributed by atoms with Gasteiger partial charge in [0.25, 0.3) is 5.91 Å². The second kappa shape index (κ2) is 8.92. The maximum absolute atomic E-state index is 12.6. The predicted octanol–water partition coefficient (Wildman–Crippen LogP) is 2.66. The molecule has 3 rings (SSSR count). The van der Waals surface area contributed by atoms with Crippen molar-refractivity contribution in [2.24, 2.45) is 0 Å². The normalized spacial score (nSPS) is 15.7. The molecule has 2 heterocycles. The van der Waals surface area contributed by atoms with Gasteiger partial charge in [-0.15, -0.1) is 0 Å². The fraction of sp³-hybridized carbons (Fsp3) is 0.200. The molecule has 0 saturated carbocycles. The van der Waals surface area contributed by atoms with Crippen molar-refractivity contribution >= 4 is 41.6 Å². The van der Waals surface area contributed by atoms with Crippen LogP contribution in [0.4, 0.5) is 4.79 Å². The van der Waals surface area contributed by atoms with Crippen molar-refractivity contribution < 1.29 is 38.2 Å². The topological polar surface area (TPSA) is 135 Å². The minimum absolute atomic E-state index is 0.00777. The van der Waals surface area contributed by atoms with Crippen LogP contribution in [0.5, 0.6) is 5.75 Å². The molecule has 1 aliphatic heterocycles. The fourth-order valence-electron chi connectivity index (χ4n) is 2.65. The highest BCUT2D eigenvalue weighted by Gasteiger charge is 2.34. The number of hydrogen-bond donors (Lipinski definition) is 2. The number of carboxylic acids is 1. The third-order valence-electron chi connectivity index (χ3n) is 4.24. The van der Waals surface area contributed by atoms with Crippen molar-refractivity contribution in [3.63, 3.8) is 0 Å². The van der Waals surface area contributed by atoms with E-state index in [2.05, 4.69) is 10.1 Å². The molecule has 1 unspecified atom stereocenters. The number of furan rings is 1. The van der Waals surface area contributed by atoms with Crippen LogP contribution < -0.4 is 10.1 Å². The number of esters is 1. The van der Waals surface area contributed by atoms with E-state index in [-0.39, 0.29) is 34.5 Å². The summed E-state index contributed by atoms with van der Waals surface area (Å²) < 4.78 is 15.1. The number of ether oxygens (including phenoxy) is 2. The number of carbonyl (C=O) groups excluding carboxylic acids is 3. The average Bonchev–Trinajstić information content (AvgIpc) is 3.30. The summed E-state index contributed by atoms with van der Waals surface area (Å²) in [6, 6.07) is 6.67. The summed E-state index contributed by atoms with van der Waals surface area (Å²) in [6.45, 7) is 1.18. The van der Waals surface area contributed by atoms with Crippen molar-refractivity contribution in [1.82, 2.24) is 10.2 Å². The molecule has 1 aliphatic rings. The van der Waals surface area contributed by atoms with Crippen LogP contribution in [0, 0.1) is 0 Å². The quantitative estimate of drug-likeness (QED) is 0.375. The van der Waals surface area contributed by atoms with E-state index in [1.54, 1.807) is 6.07 Å². The molecular weight excluding hydrogens is 432 g/mol. The molecule has 0 spiro atoms. The van der Waals surface area contributed by atoms with Crippen LogP contribution in [0.2, 0.25) is 5.02 Å². The molecule has 10 nitrogen and oxygen atoms in total. The number of carbonyl (C=O) groups is 4.